The summed E-state index contributed by atoms with van der Waals surface area (Å²) in [5.41, 5.74) is 0. The van der Waals surface area contributed by atoms with Gasteiger partial charge in [0.05, 0.1) is 0 Å². The smallest absolute Gasteiger partial charge is 0.306 e. The third-order valence-electron chi connectivity index (χ3n) is 5.61. The number of halogens is 1. The number of hydrogen-bond acceptors (Lipinski definition) is 6. The zero-order valence-electron chi connectivity index (χ0n) is 22.1. The second-order valence-corrected chi connectivity index (χ2v) is 8.97. The van der Waals surface area contributed by atoms with Crippen molar-refractivity contribution in [3.63, 3.8) is 0 Å². The second kappa shape index (κ2) is 26.3. The SMILES string of the molecule is CCCCCCCC(=O)OCC(COC(=O)CCCCCCC)OC(=O)CCCCCCC.Cl. The highest BCUT2D eigenvalue weighted by atomic mass is 35.5. The first kappa shape index (κ1) is 34.9. The molecule has 0 amide bonds. The number of ether oxygens (including phenoxy) is 3. The molecule has 6 nitrogen and oxygen atoms in total. The Hall–Kier alpha value is -1.30. The highest BCUT2D eigenvalue weighted by Gasteiger charge is 2.19. The predicted molar refractivity (Wildman–Crippen MR) is 139 cm³/mol. The van der Waals surface area contributed by atoms with Crippen LogP contribution in [-0.4, -0.2) is 37.2 Å². The van der Waals surface area contributed by atoms with E-state index in [-0.39, 0.29) is 43.5 Å². The molecule has 0 saturated heterocycles. The van der Waals surface area contributed by atoms with Crippen molar-refractivity contribution in [2.24, 2.45) is 0 Å². The van der Waals surface area contributed by atoms with Crippen LogP contribution < -0.4 is 0 Å². The van der Waals surface area contributed by atoms with E-state index in [0.717, 1.165) is 77.0 Å². The minimum Gasteiger partial charge on any atom is -0.462 e. The maximum Gasteiger partial charge on any atom is 0.306 e. The van der Waals surface area contributed by atoms with Crippen LogP contribution in [0.2, 0.25) is 0 Å². The summed E-state index contributed by atoms with van der Waals surface area (Å²) in [6.07, 6.45) is 16.0. The van der Waals surface area contributed by atoms with E-state index < -0.39 is 6.10 Å². The van der Waals surface area contributed by atoms with E-state index in [1.165, 1.54) is 19.3 Å². The van der Waals surface area contributed by atoms with Gasteiger partial charge in [-0.05, 0) is 19.3 Å². The normalized spacial score (nSPS) is 10.6. The van der Waals surface area contributed by atoms with Crippen LogP contribution in [0.1, 0.15) is 136 Å². The zero-order valence-corrected chi connectivity index (χ0v) is 22.9. The van der Waals surface area contributed by atoms with Gasteiger partial charge in [-0.1, -0.05) is 97.8 Å². The van der Waals surface area contributed by atoms with Crippen LogP contribution >= 0.6 is 12.4 Å². The molecule has 0 fully saturated rings. The van der Waals surface area contributed by atoms with Gasteiger partial charge in [0.1, 0.15) is 13.2 Å². The first-order valence-corrected chi connectivity index (χ1v) is 13.5. The van der Waals surface area contributed by atoms with Gasteiger partial charge in [-0.25, -0.2) is 0 Å². The summed E-state index contributed by atoms with van der Waals surface area (Å²) in [7, 11) is 0. The Balaban J connectivity index is 0. The molecule has 0 rings (SSSR count). The summed E-state index contributed by atoms with van der Waals surface area (Å²) >= 11 is 0. The monoisotopic (exact) mass is 506 g/mol. The number of carbonyl (C=O) groups excluding carboxylic acids is 3. The quantitative estimate of drug-likeness (QED) is 0.0811. The van der Waals surface area contributed by atoms with E-state index in [9.17, 15) is 14.4 Å². The molecule has 0 aromatic rings. The molecule has 0 saturated carbocycles. The van der Waals surface area contributed by atoms with E-state index in [1.54, 1.807) is 0 Å². The fourth-order valence-corrected chi connectivity index (χ4v) is 3.50. The molecule has 0 unspecified atom stereocenters. The number of unbranched alkanes of at least 4 members (excludes halogenated alkanes) is 12. The number of rotatable bonds is 23. The Morgan fingerprint density at radius 1 is 0.500 bits per heavy atom. The molecule has 7 heteroatoms. The van der Waals surface area contributed by atoms with E-state index >= 15 is 0 Å². The van der Waals surface area contributed by atoms with Crippen LogP contribution in [-0.2, 0) is 28.6 Å². The standard InChI is InChI=1S/C27H50O6.ClH/c1-4-7-10-13-16-19-25(28)31-22-24(33-27(30)21-18-15-12-9-6-3)23-32-26(29)20-17-14-11-8-5-2;/h24H,4-23H2,1-3H3;1H. The minimum atomic E-state index is -0.749. The summed E-state index contributed by atoms with van der Waals surface area (Å²) in [5, 5.41) is 0. The van der Waals surface area contributed by atoms with Crippen molar-refractivity contribution >= 4 is 30.3 Å². The maximum absolute atomic E-state index is 12.2. The number of hydrogen-bond donors (Lipinski definition) is 0. The van der Waals surface area contributed by atoms with Gasteiger partial charge in [0.25, 0.3) is 0 Å². The van der Waals surface area contributed by atoms with Crippen LogP contribution in [0.4, 0.5) is 0 Å². The van der Waals surface area contributed by atoms with Gasteiger partial charge >= 0.3 is 17.9 Å². The zero-order chi connectivity index (χ0) is 24.6. The summed E-state index contributed by atoms with van der Waals surface area (Å²) < 4.78 is 16.1. The molecule has 0 atom stereocenters. The summed E-state index contributed by atoms with van der Waals surface area (Å²) in [6.45, 7) is 6.32. The molecule has 0 radical (unpaired) electrons. The van der Waals surface area contributed by atoms with Gasteiger partial charge in [-0.3, -0.25) is 14.4 Å². The maximum atomic E-state index is 12.2. The van der Waals surface area contributed by atoms with Gasteiger partial charge in [0.15, 0.2) is 6.10 Å². The van der Waals surface area contributed by atoms with Crippen LogP contribution in [0.25, 0.3) is 0 Å². The molecule has 202 valence electrons. The fraction of sp³-hybridized carbons (Fsp3) is 0.889. The van der Waals surface area contributed by atoms with Crippen molar-refractivity contribution in [2.75, 3.05) is 13.2 Å². The lowest BCUT2D eigenvalue weighted by Crippen LogP contribution is -2.30. The highest BCUT2D eigenvalue weighted by Crippen LogP contribution is 2.10. The highest BCUT2D eigenvalue weighted by molar-refractivity contribution is 5.85. The molecule has 0 aliphatic rings. The molecule has 0 aromatic heterocycles. The number of carbonyl (C=O) groups is 3. The Labute approximate surface area is 214 Å². The fourth-order valence-electron chi connectivity index (χ4n) is 3.50. The van der Waals surface area contributed by atoms with Crippen molar-refractivity contribution in [3.8, 4) is 0 Å². The van der Waals surface area contributed by atoms with Gasteiger partial charge in [-0.2, -0.15) is 0 Å². The summed E-state index contributed by atoms with van der Waals surface area (Å²) in [5.74, 6) is -0.925. The summed E-state index contributed by atoms with van der Waals surface area (Å²) in [6, 6.07) is 0. The molecular formula is C27H51ClO6. The van der Waals surface area contributed by atoms with Crippen LogP contribution in [0.3, 0.4) is 0 Å². The molecule has 0 heterocycles. The van der Waals surface area contributed by atoms with E-state index in [0.29, 0.717) is 19.3 Å². The third kappa shape index (κ3) is 23.8. The average molecular weight is 507 g/mol. The molecule has 34 heavy (non-hydrogen) atoms. The van der Waals surface area contributed by atoms with Gasteiger partial charge in [0, 0.05) is 19.3 Å². The first-order chi connectivity index (χ1) is 16.0. The minimum absolute atomic E-state index is 0. The molecule has 0 aromatic carbocycles. The Kier molecular flexibility index (Phi) is 27.0. The van der Waals surface area contributed by atoms with E-state index in [4.69, 9.17) is 14.2 Å². The van der Waals surface area contributed by atoms with Crippen LogP contribution in [0.15, 0.2) is 0 Å². The van der Waals surface area contributed by atoms with Gasteiger partial charge < -0.3 is 14.2 Å². The van der Waals surface area contributed by atoms with E-state index in [1.807, 2.05) is 0 Å². The Morgan fingerprint density at radius 2 is 0.824 bits per heavy atom. The second-order valence-electron chi connectivity index (χ2n) is 8.97. The lowest BCUT2D eigenvalue weighted by Gasteiger charge is -2.18. The topological polar surface area (TPSA) is 78.9 Å². The van der Waals surface area contributed by atoms with Crippen LogP contribution in [0.5, 0.6) is 0 Å². The molecule has 0 bridgehead atoms. The molecule has 0 spiro atoms. The first-order valence-electron chi connectivity index (χ1n) is 13.5. The number of esters is 3. The van der Waals surface area contributed by atoms with Crippen molar-refractivity contribution in [2.45, 2.75) is 142 Å². The van der Waals surface area contributed by atoms with E-state index in [2.05, 4.69) is 20.8 Å². The predicted octanol–water partition coefficient (Wildman–Crippen LogP) is 7.49. The Morgan fingerprint density at radius 3 is 1.18 bits per heavy atom. The third-order valence-corrected chi connectivity index (χ3v) is 5.61. The average Bonchev–Trinajstić information content (AvgIpc) is 2.80. The lowest BCUT2D eigenvalue weighted by molar-refractivity contribution is -0.167. The lowest BCUT2D eigenvalue weighted by atomic mass is 10.1. The van der Waals surface area contributed by atoms with Crippen molar-refractivity contribution in [3.05, 3.63) is 0 Å². The summed E-state index contributed by atoms with van der Waals surface area (Å²) in [4.78, 5) is 36.3. The van der Waals surface area contributed by atoms with Crippen molar-refractivity contribution in [1.29, 1.82) is 0 Å². The molecular weight excluding hydrogens is 456 g/mol. The molecule has 0 N–H and O–H groups in total. The molecule has 0 aliphatic carbocycles. The van der Waals surface area contributed by atoms with Crippen molar-refractivity contribution in [1.82, 2.24) is 0 Å². The molecule has 0 aliphatic heterocycles. The van der Waals surface area contributed by atoms with Crippen LogP contribution in [0, 0.1) is 0 Å². The van der Waals surface area contributed by atoms with Gasteiger partial charge in [-0.15, -0.1) is 12.4 Å². The van der Waals surface area contributed by atoms with Gasteiger partial charge in [0.2, 0.25) is 0 Å². The Bertz CT molecular complexity index is 468. The van der Waals surface area contributed by atoms with Crippen molar-refractivity contribution < 1.29 is 28.6 Å². The largest absolute Gasteiger partial charge is 0.462 e.